The molecule has 1 aliphatic heterocycles. The van der Waals surface area contributed by atoms with Gasteiger partial charge in [0.1, 0.15) is 23.3 Å². The first kappa shape index (κ1) is 21.1. The molecule has 5 rings (SSSR count). The zero-order chi connectivity index (χ0) is 23.3. The van der Waals surface area contributed by atoms with Crippen molar-refractivity contribution in [3.63, 3.8) is 0 Å². The highest BCUT2D eigenvalue weighted by Crippen LogP contribution is 2.47. The highest BCUT2D eigenvalue weighted by molar-refractivity contribution is 6.00. The van der Waals surface area contributed by atoms with E-state index in [4.69, 9.17) is 19.6 Å². The van der Waals surface area contributed by atoms with E-state index >= 15 is 0 Å². The molecule has 0 spiro atoms. The fourth-order valence-electron chi connectivity index (χ4n) is 4.68. The second-order valence-electron chi connectivity index (χ2n) is 9.22. The lowest BCUT2D eigenvalue weighted by Gasteiger charge is -2.38. The van der Waals surface area contributed by atoms with Gasteiger partial charge in [-0.1, -0.05) is 13.8 Å². The van der Waals surface area contributed by atoms with Gasteiger partial charge in [-0.3, -0.25) is 4.79 Å². The van der Waals surface area contributed by atoms with Crippen LogP contribution in [0, 0.1) is 5.41 Å². The first-order valence-electron chi connectivity index (χ1n) is 10.8. The van der Waals surface area contributed by atoms with Crippen molar-refractivity contribution >= 4 is 11.7 Å². The molecule has 2 N–H and O–H groups in total. The highest BCUT2D eigenvalue weighted by Gasteiger charge is 2.42. The number of carbonyl (C=O) groups is 1. The maximum absolute atomic E-state index is 13.4. The topological polar surface area (TPSA) is 98.5 Å². The minimum absolute atomic E-state index is 0.0796. The van der Waals surface area contributed by atoms with Crippen LogP contribution in [-0.2, 0) is 4.79 Å². The van der Waals surface area contributed by atoms with E-state index < -0.39 is 6.04 Å². The van der Waals surface area contributed by atoms with Crippen LogP contribution in [0.25, 0.3) is 11.4 Å². The van der Waals surface area contributed by atoms with Crippen molar-refractivity contribution in [3.8, 4) is 28.6 Å². The Morgan fingerprint density at radius 2 is 1.85 bits per heavy atom. The normalized spacial score (nSPS) is 18.9. The number of hydrogen-bond acceptors (Lipinski definition) is 7. The number of Topliss-reactive ketones (excluding diaryl/α,β-unsaturated/α-hetero) is 1. The number of aromatic hydroxyl groups is 1. The van der Waals surface area contributed by atoms with Gasteiger partial charge in [0.2, 0.25) is 5.95 Å². The standard InChI is InChI=1S/C25H26N4O4/c1-25(2)12-18-21(19(31)13-25)22(17-11-16(32-3)9-10-20(17)33-4)29-24(26-18)27-23(28-29)14-5-7-15(30)8-6-14/h5-11,22,30H,12-13H2,1-4H3,(H,26,27,28). The van der Waals surface area contributed by atoms with Gasteiger partial charge in [-0.15, -0.1) is 5.10 Å². The number of aromatic nitrogens is 3. The van der Waals surface area contributed by atoms with Crippen LogP contribution in [0.15, 0.2) is 53.7 Å². The van der Waals surface area contributed by atoms with E-state index in [1.165, 1.54) is 0 Å². The molecule has 33 heavy (non-hydrogen) atoms. The SMILES string of the molecule is COc1ccc(OC)c(C2C3=C(CC(C)(C)CC3=O)Nc3nc(-c4ccc(O)cc4)nn32)c1. The molecule has 1 aliphatic carbocycles. The average molecular weight is 447 g/mol. The third-order valence-electron chi connectivity index (χ3n) is 6.19. The Hall–Kier alpha value is -3.81. The predicted octanol–water partition coefficient (Wildman–Crippen LogP) is 4.33. The summed E-state index contributed by atoms with van der Waals surface area (Å²) in [6, 6.07) is 11.8. The Kier molecular flexibility index (Phi) is 4.88. The molecule has 2 heterocycles. The molecule has 8 heteroatoms. The lowest BCUT2D eigenvalue weighted by molar-refractivity contribution is -0.118. The van der Waals surface area contributed by atoms with Crippen LogP contribution in [0.3, 0.4) is 0 Å². The molecule has 2 aliphatic rings. The molecule has 0 amide bonds. The third-order valence-corrected chi connectivity index (χ3v) is 6.19. The van der Waals surface area contributed by atoms with E-state index in [-0.39, 0.29) is 16.9 Å². The fourth-order valence-corrected chi connectivity index (χ4v) is 4.68. The summed E-state index contributed by atoms with van der Waals surface area (Å²) >= 11 is 0. The summed E-state index contributed by atoms with van der Waals surface area (Å²) in [5.41, 5.74) is 2.92. The number of fused-ring (bicyclic) bond motifs is 1. The van der Waals surface area contributed by atoms with Crippen molar-refractivity contribution in [2.75, 3.05) is 19.5 Å². The van der Waals surface area contributed by atoms with Crippen LogP contribution in [-0.4, -0.2) is 39.9 Å². The van der Waals surface area contributed by atoms with Gasteiger partial charge in [-0.25, -0.2) is 4.68 Å². The maximum Gasteiger partial charge on any atom is 0.226 e. The Bertz CT molecular complexity index is 1270. The first-order valence-corrected chi connectivity index (χ1v) is 10.8. The number of rotatable bonds is 4. The second-order valence-corrected chi connectivity index (χ2v) is 9.22. The summed E-state index contributed by atoms with van der Waals surface area (Å²) in [4.78, 5) is 18.2. The predicted molar refractivity (Wildman–Crippen MR) is 123 cm³/mol. The number of methoxy groups -OCH3 is 2. The van der Waals surface area contributed by atoms with E-state index in [9.17, 15) is 9.90 Å². The average Bonchev–Trinajstić information content (AvgIpc) is 3.20. The number of nitrogens with one attached hydrogen (secondary N) is 1. The summed E-state index contributed by atoms with van der Waals surface area (Å²) in [7, 11) is 3.22. The van der Waals surface area contributed by atoms with Crippen LogP contribution >= 0.6 is 0 Å². The molecule has 0 saturated carbocycles. The van der Waals surface area contributed by atoms with Crippen molar-refractivity contribution in [1.29, 1.82) is 0 Å². The summed E-state index contributed by atoms with van der Waals surface area (Å²) < 4.78 is 12.9. The number of benzene rings is 2. The molecule has 1 aromatic heterocycles. The molecule has 0 fully saturated rings. The third kappa shape index (κ3) is 3.61. The molecule has 1 unspecified atom stereocenters. The Morgan fingerprint density at radius 3 is 2.55 bits per heavy atom. The van der Waals surface area contributed by atoms with Gasteiger partial charge in [-0.2, -0.15) is 4.98 Å². The van der Waals surface area contributed by atoms with Gasteiger partial charge >= 0.3 is 0 Å². The van der Waals surface area contributed by atoms with Gasteiger partial charge in [0.25, 0.3) is 0 Å². The van der Waals surface area contributed by atoms with E-state index in [0.29, 0.717) is 35.3 Å². The van der Waals surface area contributed by atoms with Crippen molar-refractivity contribution in [3.05, 3.63) is 59.3 Å². The fraction of sp³-hybridized carbons (Fsp3) is 0.320. The quantitative estimate of drug-likeness (QED) is 0.616. The number of allylic oxidation sites excluding steroid dienone is 2. The molecule has 0 radical (unpaired) electrons. The summed E-state index contributed by atoms with van der Waals surface area (Å²) in [6.07, 6.45) is 1.17. The molecular formula is C25H26N4O4. The van der Waals surface area contributed by atoms with Crippen LogP contribution in [0.1, 0.15) is 38.3 Å². The molecule has 0 bridgehead atoms. The lowest BCUT2D eigenvalue weighted by Crippen LogP contribution is -2.36. The smallest absolute Gasteiger partial charge is 0.226 e. The molecule has 0 saturated heterocycles. The van der Waals surface area contributed by atoms with Crippen LogP contribution in [0.2, 0.25) is 0 Å². The van der Waals surface area contributed by atoms with Crippen molar-refractivity contribution in [2.45, 2.75) is 32.7 Å². The van der Waals surface area contributed by atoms with Crippen LogP contribution < -0.4 is 14.8 Å². The van der Waals surface area contributed by atoms with Gasteiger partial charge in [0.05, 0.1) is 14.2 Å². The number of phenols is 1. The van der Waals surface area contributed by atoms with Crippen LogP contribution in [0.5, 0.6) is 17.2 Å². The number of anilines is 1. The Morgan fingerprint density at radius 1 is 1.09 bits per heavy atom. The maximum atomic E-state index is 13.4. The van der Waals surface area contributed by atoms with Gasteiger partial charge in [0.15, 0.2) is 11.6 Å². The summed E-state index contributed by atoms with van der Waals surface area (Å²) in [5, 5.41) is 17.8. The van der Waals surface area contributed by atoms with Crippen LogP contribution in [0.4, 0.5) is 5.95 Å². The molecule has 2 aromatic carbocycles. The number of phenolic OH excluding ortho intramolecular Hbond substituents is 1. The molecule has 3 aromatic rings. The number of ether oxygens (including phenoxy) is 2. The number of carbonyl (C=O) groups excluding carboxylic acids is 1. The number of ketones is 1. The largest absolute Gasteiger partial charge is 0.508 e. The minimum Gasteiger partial charge on any atom is -0.508 e. The zero-order valence-electron chi connectivity index (χ0n) is 19.0. The number of hydrogen-bond donors (Lipinski definition) is 2. The minimum atomic E-state index is -0.511. The van der Waals surface area contributed by atoms with Gasteiger partial charge in [0, 0.05) is 28.8 Å². The summed E-state index contributed by atoms with van der Waals surface area (Å²) in [6.45, 7) is 4.19. The number of nitrogens with zero attached hydrogens (tertiary/aromatic N) is 3. The molecular weight excluding hydrogens is 420 g/mol. The van der Waals surface area contributed by atoms with Crippen molar-refractivity contribution < 1.29 is 19.4 Å². The zero-order valence-corrected chi connectivity index (χ0v) is 19.0. The van der Waals surface area contributed by atoms with Crippen molar-refractivity contribution in [1.82, 2.24) is 14.8 Å². The Labute approximate surface area is 191 Å². The molecule has 8 nitrogen and oxygen atoms in total. The molecule has 170 valence electrons. The van der Waals surface area contributed by atoms with E-state index in [1.807, 2.05) is 18.2 Å². The monoisotopic (exact) mass is 446 g/mol. The van der Waals surface area contributed by atoms with Gasteiger partial charge in [-0.05, 0) is 54.3 Å². The first-order chi connectivity index (χ1) is 15.8. The lowest BCUT2D eigenvalue weighted by atomic mass is 9.73. The Balaban J connectivity index is 1.72. The van der Waals surface area contributed by atoms with Gasteiger partial charge < -0.3 is 19.9 Å². The molecule has 1 atom stereocenters. The second kappa shape index (κ2) is 7.65. The van der Waals surface area contributed by atoms with E-state index in [0.717, 1.165) is 23.2 Å². The summed E-state index contributed by atoms with van der Waals surface area (Å²) in [5.74, 6) is 2.60. The van der Waals surface area contributed by atoms with E-state index in [2.05, 4.69) is 19.2 Å². The van der Waals surface area contributed by atoms with E-state index in [1.54, 1.807) is 43.2 Å². The van der Waals surface area contributed by atoms with Crippen molar-refractivity contribution in [2.24, 2.45) is 5.41 Å². The highest BCUT2D eigenvalue weighted by atomic mass is 16.5.